The molecule has 1 fully saturated rings. The van der Waals surface area contributed by atoms with Gasteiger partial charge in [0.15, 0.2) is 6.04 Å². The Morgan fingerprint density at radius 2 is 2.43 bits per heavy atom. The normalized spacial score (nSPS) is 22.6. The lowest BCUT2D eigenvalue weighted by Gasteiger charge is -2.22. The molecule has 0 aromatic rings. The van der Waals surface area contributed by atoms with E-state index in [2.05, 4.69) is 32.3 Å². The molecule has 1 N–H and O–H groups in total. The number of nitrogens with zero attached hydrogens (tertiary/aromatic N) is 3. The quantitative estimate of drug-likeness (QED) is 0.396. The molecule has 1 aliphatic heterocycles. The fraction of sp³-hybridized carbons (Fsp3) is 0.800. The van der Waals surface area contributed by atoms with Gasteiger partial charge in [0.05, 0.1) is 0 Å². The highest BCUT2D eigenvalue weighted by Gasteiger charge is 2.25. The maximum Gasteiger partial charge on any atom is 0.218 e. The van der Waals surface area contributed by atoms with Crippen molar-refractivity contribution < 1.29 is 0 Å². The fourth-order valence-corrected chi connectivity index (χ4v) is 1.64. The molecule has 2 unspecified atom stereocenters. The summed E-state index contributed by atoms with van der Waals surface area (Å²) in [7, 11) is 1.62. The first-order valence-corrected chi connectivity index (χ1v) is 5.00. The Hall–Kier alpha value is -1.17. The molecule has 4 nitrogen and oxygen atoms in total. The molecular formula is C10H17N4+. The van der Waals surface area contributed by atoms with E-state index in [1.165, 1.54) is 12.8 Å². The lowest BCUT2D eigenvalue weighted by molar-refractivity contribution is 0.350. The predicted molar refractivity (Wildman–Crippen MR) is 55.7 cm³/mol. The molecule has 0 saturated carbocycles. The molecule has 1 rings (SSSR count). The van der Waals surface area contributed by atoms with E-state index in [1.807, 2.05) is 6.92 Å². The van der Waals surface area contributed by atoms with Gasteiger partial charge in [-0.05, 0) is 26.3 Å². The molecule has 14 heavy (non-hydrogen) atoms. The van der Waals surface area contributed by atoms with Crippen molar-refractivity contribution in [2.75, 3.05) is 20.1 Å². The molecule has 0 aliphatic carbocycles. The van der Waals surface area contributed by atoms with Crippen molar-refractivity contribution in [2.45, 2.75) is 25.8 Å². The van der Waals surface area contributed by atoms with Crippen molar-refractivity contribution >= 4 is 0 Å². The summed E-state index contributed by atoms with van der Waals surface area (Å²) >= 11 is 0. The van der Waals surface area contributed by atoms with Crippen LogP contribution in [0, 0.1) is 17.8 Å². The van der Waals surface area contributed by atoms with E-state index < -0.39 is 0 Å². The zero-order chi connectivity index (χ0) is 10.2. The van der Waals surface area contributed by atoms with E-state index in [-0.39, 0.29) is 6.04 Å². The SMILES string of the molecule is CC#CC(N=[N+]=NC)C1CCCNC1. The molecule has 2 atom stereocenters. The van der Waals surface area contributed by atoms with E-state index >= 15 is 0 Å². The molecule has 0 amide bonds. The molecule has 1 aliphatic rings. The van der Waals surface area contributed by atoms with Gasteiger partial charge in [0, 0.05) is 12.5 Å². The van der Waals surface area contributed by atoms with Gasteiger partial charge < -0.3 is 5.32 Å². The van der Waals surface area contributed by atoms with Crippen LogP contribution >= 0.6 is 0 Å². The number of piperidine rings is 1. The third-order valence-corrected chi connectivity index (χ3v) is 2.34. The average molecular weight is 193 g/mol. The zero-order valence-electron chi connectivity index (χ0n) is 8.82. The van der Waals surface area contributed by atoms with Crippen LogP contribution in [0.3, 0.4) is 0 Å². The molecule has 0 aromatic heterocycles. The second-order valence-electron chi connectivity index (χ2n) is 3.35. The second-order valence-corrected chi connectivity index (χ2v) is 3.35. The first kappa shape index (κ1) is 10.9. The lowest BCUT2D eigenvalue weighted by atomic mass is 9.92. The summed E-state index contributed by atoms with van der Waals surface area (Å²) in [6.45, 7) is 3.93. The highest BCUT2D eigenvalue weighted by atomic mass is 15.2. The van der Waals surface area contributed by atoms with Crippen molar-refractivity contribution in [3.63, 3.8) is 0 Å². The highest BCUT2D eigenvalue weighted by Crippen LogP contribution is 2.16. The fourth-order valence-electron chi connectivity index (χ4n) is 1.64. The summed E-state index contributed by atoms with van der Waals surface area (Å²) in [5.41, 5.74) is 0. The van der Waals surface area contributed by atoms with Gasteiger partial charge in [-0.15, -0.1) is 5.92 Å². The van der Waals surface area contributed by atoms with Gasteiger partial charge in [0.1, 0.15) is 17.3 Å². The van der Waals surface area contributed by atoms with Crippen LogP contribution in [0.2, 0.25) is 0 Å². The van der Waals surface area contributed by atoms with Gasteiger partial charge in [0.2, 0.25) is 4.91 Å². The lowest BCUT2D eigenvalue weighted by Crippen LogP contribution is -2.35. The van der Waals surface area contributed by atoms with Gasteiger partial charge in [0.25, 0.3) is 0 Å². The van der Waals surface area contributed by atoms with E-state index in [9.17, 15) is 0 Å². The molecule has 76 valence electrons. The molecule has 0 aromatic carbocycles. The monoisotopic (exact) mass is 193 g/mol. The zero-order valence-corrected chi connectivity index (χ0v) is 8.82. The molecule has 0 spiro atoms. The Morgan fingerprint density at radius 1 is 1.57 bits per heavy atom. The number of rotatable bonds is 2. The Kier molecular flexibility index (Phi) is 4.92. The predicted octanol–water partition coefficient (Wildman–Crippen LogP) is 0.979. The van der Waals surface area contributed by atoms with Crippen LogP contribution in [-0.4, -0.2) is 26.2 Å². The van der Waals surface area contributed by atoms with Crippen LogP contribution in [-0.2, 0) is 0 Å². The molecule has 4 heteroatoms. The van der Waals surface area contributed by atoms with E-state index in [1.54, 1.807) is 7.05 Å². The van der Waals surface area contributed by atoms with Crippen LogP contribution in [0.25, 0.3) is 0 Å². The van der Waals surface area contributed by atoms with Gasteiger partial charge in [-0.2, -0.15) is 0 Å². The summed E-state index contributed by atoms with van der Waals surface area (Å²) in [4.78, 5) is 3.69. The Labute approximate surface area is 84.9 Å². The summed E-state index contributed by atoms with van der Waals surface area (Å²) < 4.78 is 0. The van der Waals surface area contributed by atoms with Crippen molar-refractivity contribution in [1.29, 1.82) is 0 Å². The van der Waals surface area contributed by atoms with Crippen LogP contribution in [0.5, 0.6) is 0 Å². The van der Waals surface area contributed by atoms with Crippen molar-refractivity contribution in [2.24, 2.45) is 16.1 Å². The smallest absolute Gasteiger partial charge is 0.218 e. The van der Waals surface area contributed by atoms with Crippen molar-refractivity contribution in [1.82, 2.24) is 10.2 Å². The van der Waals surface area contributed by atoms with Gasteiger partial charge in [-0.3, -0.25) is 0 Å². The van der Waals surface area contributed by atoms with Gasteiger partial charge >= 0.3 is 0 Å². The van der Waals surface area contributed by atoms with Gasteiger partial charge in [-0.25, -0.2) is 0 Å². The number of hydrogen-bond donors (Lipinski definition) is 1. The first-order chi connectivity index (χ1) is 6.88. The molecule has 1 heterocycles. The largest absolute Gasteiger partial charge is 0.316 e. The van der Waals surface area contributed by atoms with Crippen LogP contribution in [0.1, 0.15) is 19.8 Å². The summed E-state index contributed by atoms with van der Waals surface area (Å²) in [6.07, 6.45) is 2.38. The topological polar surface area (TPSA) is 50.9 Å². The Bertz CT molecular complexity index is 274. The second kappa shape index (κ2) is 6.31. The molecule has 0 radical (unpaired) electrons. The van der Waals surface area contributed by atoms with E-state index in [0.29, 0.717) is 5.92 Å². The highest BCUT2D eigenvalue weighted by molar-refractivity contribution is 5.08. The Balaban J connectivity index is 2.63. The minimum atomic E-state index is 0.0106. The standard InChI is InChI=1S/C10H17N4/c1-3-5-10(13-14-11-2)9-6-4-7-12-8-9/h9-10,12H,4,6-8H2,1-2H3/q+1. The average Bonchev–Trinajstić information content (AvgIpc) is 2.25. The Morgan fingerprint density at radius 3 is 3.00 bits per heavy atom. The van der Waals surface area contributed by atoms with Crippen LogP contribution < -0.4 is 10.2 Å². The van der Waals surface area contributed by atoms with Crippen molar-refractivity contribution in [3.8, 4) is 11.8 Å². The summed E-state index contributed by atoms with van der Waals surface area (Å²) in [5, 5.41) is 11.1. The number of hydrogen-bond acceptors (Lipinski definition) is 3. The molecule has 0 bridgehead atoms. The molecule has 1 saturated heterocycles. The minimum Gasteiger partial charge on any atom is -0.316 e. The van der Waals surface area contributed by atoms with E-state index in [0.717, 1.165) is 13.1 Å². The number of nitrogens with one attached hydrogen (secondary N) is 1. The first-order valence-electron chi connectivity index (χ1n) is 5.00. The maximum atomic E-state index is 4.10. The van der Waals surface area contributed by atoms with Crippen LogP contribution in [0.4, 0.5) is 0 Å². The third kappa shape index (κ3) is 3.29. The third-order valence-electron chi connectivity index (χ3n) is 2.34. The molecular weight excluding hydrogens is 176 g/mol. The summed E-state index contributed by atoms with van der Waals surface area (Å²) in [5.74, 6) is 6.47. The minimum absolute atomic E-state index is 0.0106. The maximum absolute atomic E-state index is 4.10. The van der Waals surface area contributed by atoms with Crippen LogP contribution in [0.15, 0.2) is 10.2 Å². The van der Waals surface area contributed by atoms with Gasteiger partial charge in [-0.1, -0.05) is 5.92 Å². The summed E-state index contributed by atoms with van der Waals surface area (Å²) in [6, 6.07) is 0.0106. The van der Waals surface area contributed by atoms with Crippen molar-refractivity contribution in [3.05, 3.63) is 0 Å². The van der Waals surface area contributed by atoms with E-state index in [4.69, 9.17) is 0 Å².